The summed E-state index contributed by atoms with van der Waals surface area (Å²) in [5.41, 5.74) is 2.53. The molecule has 0 heterocycles. The molecule has 0 atom stereocenters. The Balaban J connectivity index is 2.22. The zero-order valence-electron chi connectivity index (χ0n) is 11.6. The molecule has 0 spiro atoms. The largest absolute Gasteiger partial charge is 0.332 e. The summed E-state index contributed by atoms with van der Waals surface area (Å²) in [5.74, 6) is 0. The molecule has 4 heteroatoms. The molecule has 0 radical (unpaired) electrons. The lowest BCUT2D eigenvalue weighted by Gasteiger charge is -2.09. The van der Waals surface area contributed by atoms with Crippen LogP contribution in [0.25, 0.3) is 22.3 Å². The third-order valence-corrected chi connectivity index (χ3v) is 4.30. The van der Waals surface area contributed by atoms with E-state index in [2.05, 4.69) is 0 Å². The molecule has 3 rings (SSSR count). The summed E-state index contributed by atoms with van der Waals surface area (Å²) < 4.78 is 36.8. The molecule has 3 aromatic rings. The Bertz CT molecular complexity index is 889. The molecule has 22 heavy (non-hydrogen) atoms. The molecule has 0 saturated heterocycles. The van der Waals surface area contributed by atoms with E-state index in [0.29, 0.717) is 16.7 Å². The summed E-state index contributed by atoms with van der Waals surface area (Å²) in [4.78, 5) is -0.306. The second-order valence-electron chi connectivity index (χ2n) is 4.88. The quantitative estimate of drug-likeness (QED) is 0.658. The average molecular weight is 312 g/mol. The normalized spacial score (nSPS) is 11.3. The van der Waals surface area contributed by atoms with Gasteiger partial charge in [0.2, 0.25) is 0 Å². The third kappa shape index (κ3) is 2.92. The number of hydrogen-bond donors (Lipinski definition) is 0. The molecule has 0 aliphatic heterocycles. The van der Waals surface area contributed by atoms with Crippen molar-refractivity contribution in [1.29, 1.82) is 0 Å². The molecular weight excluding hydrogens is 299 g/mol. The van der Waals surface area contributed by atoms with Crippen LogP contribution in [-0.4, -0.2) is 8.42 Å². The van der Waals surface area contributed by atoms with Crippen LogP contribution in [0.1, 0.15) is 0 Å². The van der Waals surface area contributed by atoms with E-state index in [0.717, 1.165) is 5.56 Å². The van der Waals surface area contributed by atoms with Gasteiger partial charge in [0.25, 0.3) is 0 Å². The number of benzene rings is 3. The van der Waals surface area contributed by atoms with Gasteiger partial charge in [0, 0.05) is 5.56 Å². The molecule has 0 bridgehead atoms. The standard InChI is InChI=1S/C18H13FO2S/c19-22(20,21)18-13-16(14-7-3-1-4-8-14)11-12-17(18)15-9-5-2-6-10-15/h1-13H. The van der Waals surface area contributed by atoms with Crippen LogP contribution < -0.4 is 0 Å². The van der Waals surface area contributed by atoms with Gasteiger partial charge in [-0.1, -0.05) is 72.8 Å². The Morgan fingerprint density at radius 1 is 0.636 bits per heavy atom. The Morgan fingerprint density at radius 3 is 1.73 bits per heavy atom. The van der Waals surface area contributed by atoms with Gasteiger partial charge in [0.05, 0.1) is 0 Å². The minimum atomic E-state index is -4.81. The molecule has 0 N–H and O–H groups in total. The van der Waals surface area contributed by atoms with Crippen molar-refractivity contribution in [2.24, 2.45) is 0 Å². The van der Waals surface area contributed by atoms with Gasteiger partial charge < -0.3 is 0 Å². The van der Waals surface area contributed by atoms with Crippen LogP contribution in [0.2, 0.25) is 0 Å². The van der Waals surface area contributed by atoms with Crippen molar-refractivity contribution in [2.75, 3.05) is 0 Å². The van der Waals surface area contributed by atoms with Gasteiger partial charge in [-0.05, 0) is 22.8 Å². The van der Waals surface area contributed by atoms with Crippen LogP contribution in [0.4, 0.5) is 3.89 Å². The van der Waals surface area contributed by atoms with Gasteiger partial charge in [0.15, 0.2) is 0 Å². The molecule has 2 nitrogen and oxygen atoms in total. The van der Waals surface area contributed by atoms with E-state index in [1.54, 1.807) is 36.4 Å². The Kier molecular flexibility index (Phi) is 3.77. The predicted octanol–water partition coefficient (Wildman–Crippen LogP) is 4.68. The molecule has 3 aromatic carbocycles. The number of rotatable bonds is 3. The zero-order chi connectivity index (χ0) is 15.6. The first kappa shape index (κ1) is 14.5. The van der Waals surface area contributed by atoms with E-state index in [1.807, 2.05) is 36.4 Å². The summed E-state index contributed by atoms with van der Waals surface area (Å²) in [6.45, 7) is 0. The molecule has 0 unspecified atom stereocenters. The topological polar surface area (TPSA) is 34.1 Å². The first-order chi connectivity index (χ1) is 10.6. The van der Waals surface area contributed by atoms with E-state index >= 15 is 0 Å². The van der Waals surface area contributed by atoms with Crippen LogP contribution in [-0.2, 0) is 10.2 Å². The maximum Gasteiger partial charge on any atom is 0.332 e. The zero-order valence-corrected chi connectivity index (χ0v) is 12.4. The van der Waals surface area contributed by atoms with Crippen LogP contribution in [0.5, 0.6) is 0 Å². The molecule has 0 aliphatic carbocycles. The predicted molar refractivity (Wildman–Crippen MR) is 85.6 cm³/mol. The molecule has 0 aromatic heterocycles. The second kappa shape index (κ2) is 5.73. The minimum Gasteiger partial charge on any atom is -0.189 e. The van der Waals surface area contributed by atoms with Crippen molar-refractivity contribution in [1.82, 2.24) is 0 Å². The smallest absolute Gasteiger partial charge is 0.189 e. The molecule has 0 aliphatic rings. The monoisotopic (exact) mass is 312 g/mol. The summed E-state index contributed by atoms with van der Waals surface area (Å²) in [5, 5.41) is 0. The van der Waals surface area contributed by atoms with Gasteiger partial charge >= 0.3 is 10.2 Å². The Morgan fingerprint density at radius 2 is 1.18 bits per heavy atom. The molecule has 110 valence electrons. The van der Waals surface area contributed by atoms with Crippen molar-refractivity contribution in [2.45, 2.75) is 4.90 Å². The van der Waals surface area contributed by atoms with E-state index in [4.69, 9.17) is 0 Å². The Labute approximate surface area is 129 Å². The van der Waals surface area contributed by atoms with E-state index < -0.39 is 10.2 Å². The molecule has 0 saturated carbocycles. The van der Waals surface area contributed by atoms with Gasteiger partial charge in [-0.25, -0.2) is 0 Å². The van der Waals surface area contributed by atoms with E-state index in [1.165, 1.54) is 6.07 Å². The van der Waals surface area contributed by atoms with Crippen LogP contribution >= 0.6 is 0 Å². The Hall–Kier alpha value is -2.46. The highest BCUT2D eigenvalue weighted by molar-refractivity contribution is 7.86. The lowest BCUT2D eigenvalue weighted by molar-refractivity contribution is 0.552. The highest BCUT2D eigenvalue weighted by Gasteiger charge is 2.19. The fourth-order valence-electron chi connectivity index (χ4n) is 2.39. The van der Waals surface area contributed by atoms with Crippen molar-refractivity contribution in [3.63, 3.8) is 0 Å². The van der Waals surface area contributed by atoms with Gasteiger partial charge in [-0.15, -0.1) is 3.89 Å². The minimum absolute atomic E-state index is 0.306. The van der Waals surface area contributed by atoms with E-state index in [9.17, 15) is 12.3 Å². The summed E-state index contributed by atoms with van der Waals surface area (Å²) in [6.07, 6.45) is 0. The molecule has 0 fully saturated rings. The van der Waals surface area contributed by atoms with Crippen molar-refractivity contribution in [3.05, 3.63) is 78.9 Å². The maximum absolute atomic E-state index is 13.7. The summed E-state index contributed by atoms with van der Waals surface area (Å²) in [6, 6.07) is 23.0. The molecular formula is C18H13FO2S. The first-order valence-corrected chi connectivity index (χ1v) is 8.13. The van der Waals surface area contributed by atoms with E-state index in [-0.39, 0.29) is 4.90 Å². The van der Waals surface area contributed by atoms with Gasteiger partial charge in [0.1, 0.15) is 4.90 Å². The van der Waals surface area contributed by atoms with Gasteiger partial charge in [-0.3, -0.25) is 0 Å². The summed E-state index contributed by atoms with van der Waals surface area (Å²) in [7, 11) is -4.81. The fraction of sp³-hybridized carbons (Fsp3) is 0. The van der Waals surface area contributed by atoms with Crippen LogP contribution in [0.3, 0.4) is 0 Å². The molecule has 0 amide bonds. The second-order valence-corrected chi connectivity index (χ2v) is 6.20. The van der Waals surface area contributed by atoms with Crippen LogP contribution in [0.15, 0.2) is 83.8 Å². The average Bonchev–Trinajstić information content (AvgIpc) is 2.55. The third-order valence-electron chi connectivity index (χ3n) is 3.44. The number of halogens is 1. The van der Waals surface area contributed by atoms with Crippen molar-refractivity contribution >= 4 is 10.2 Å². The van der Waals surface area contributed by atoms with Crippen molar-refractivity contribution in [3.8, 4) is 22.3 Å². The maximum atomic E-state index is 13.7. The van der Waals surface area contributed by atoms with Crippen molar-refractivity contribution < 1.29 is 12.3 Å². The SMILES string of the molecule is O=S(=O)(F)c1cc(-c2ccccc2)ccc1-c1ccccc1. The lowest BCUT2D eigenvalue weighted by atomic mass is 10.0. The number of hydrogen-bond acceptors (Lipinski definition) is 2. The first-order valence-electron chi connectivity index (χ1n) is 6.75. The van der Waals surface area contributed by atoms with Gasteiger partial charge in [-0.2, -0.15) is 8.42 Å². The summed E-state index contributed by atoms with van der Waals surface area (Å²) >= 11 is 0. The highest BCUT2D eigenvalue weighted by Crippen LogP contribution is 2.32. The lowest BCUT2D eigenvalue weighted by Crippen LogP contribution is -1.96. The highest BCUT2D eigenvalue weighted by atomic mass is 32.3. The fourth-order valence-corrected chi connectivity index (χ4v) is 3.11. The van der Waals surface area contributed by atoms with Crippen LogP contribution in [0, 0.1) is 0 Å².